The van der Waals surface area contributed by atoms with Gasteiger partial charge in [-0.05, 0) is 47.5 Å². The van der Waals surface area contributed by atoms with Gasteiger partial charge in [0, 0.05) is 5.56 Å². The zero-order valence-electron chi connectivity index (χ0n) is 11.3. The summed E-state index contributed by atoms with van der Waals surface area (Å²) in [5.41, 5.74) is 6.68. The Morgan fingerprint density at radius 3 is 2.52 bits per heavy atom. The molecule has 0 saturated heterocycles. The Labute approximate surface area is 128 Å². The van der Waals surface area contributed by atoms with Gasteiger partial charge in [0.2, 0.25) is 0 Å². The zero-order chi connectivity index (χ0) is 15.9. The van der Waals surface area contributed by atoms with E-state index in [4.69, 9.17) is 5.73 Å². The summed E-state index contributed by atoms with van der Waals surface area (Å²) >= 11 is 3.05. The monoisotopic (exact) mass is 352 g/mol. The smallest absolute Gasteiger partial charge is 0.339 e. The molecule has 1 aromatic heterocycles. The summed E-state index contributed by atoms with van der Waals surface area (Å²) in [4.78, 5) is 23.6. The molecule has 0 radical (unpaired) electrons. The molecule has 21 heavy (non-hydrogen) atoms. The first-order valence-electron chi connectivity index (χ1n) is 5.99. The molecule has 4 N–H and O–H groups in total. The minimum atomic E-state index is -1.24. The molecular formula is C14H13BrN2O4. The van der Waals surface area contributed by atoms with E-state index in [0.29, 0.717) is 16.8 Å². The number of anilines is 1. The maximum atomic E-state index is 12.3. The average molecular weight is 353 g/mol. The molecule has 1 heterocycles. The molecule has 7 heteroatoms. The number of phenolic OH excluding ortho intramolecular Hbond substituents is 1. The quantitative estimate of drug-likeness (QED) is 0.768. The fraction of sp³-hybridized carbons (Fsp3) is 0.143. The van der Waals surface area contributed by atoms with Crippen LogP contribution in [0.3, 0.4) is 0 Å². The molecule has 0 bridgehead atoms. The van der Waals surface area contributed by atoms with Gasteiger partial charge >= 0.3 is 5.97 Å². The molecule has 0 aliphatic heterocycles. The first-order chi connectivity index (χ1) is 9.75. The van der Waals surface area contributed by atoms with Crippen molar-refractivity contribution in [1.29, 1.82) is 0 Å². The Hall–Kier alpha value is -2.28. The lowest BCUT2D eigenvalue weighted by Gasteiger charge is -2.17. The van der Waals surface area contributed by atoms with Crippen molar-refractivity contribution >= 4 is 27.7 Å². The predicted molar refractivity (Wildman–Crippen MR) is 82.2 cm³/mol. The summed E-state index contributed by atoms with van der Waals surface area (Å²) in [6.45, 7) is 3.37. The van der Waals surface area contributed by atoms with Crippen molar-refractivity contribution in [1.82, 2.24) is 4.57 Å². The number of aromatic hydroxyl groups is 1. The van der Waals surface area contributed by atoms with Crippen molar-refractivity contribution in [3.8, 4) is 11.4 Å². The summed E-state index contributed by atoms with van der Waals surface area (Å²) in [7, 11) is 0. The SMILES string of the molecule is Cc1ccc(O)c(C)c1-n1c(N)c(C(=O)O)cc(Br)c1=O. The Kier molecular flexibility index (Phi) is 3.78. The van der Waals surface area contributed by atoms with Gasteiger partial charge in [-0.3, -0.25) is 9.36 Å². The van der Waals surface area contributed by atoms with Crippen LogP contribution in [0.4, 0.5) is 5.82 Å². The van der Waals surface area contributed by atoms with Gasteiger partial charge in [-0.15, -0.1) is 0 Å². The van der Waals surface area contributed by atoms with Crippen molar-refractivity contribution in [2.24, 2.45) is 0 Å². The van der Waals surface area contributed by atoms with Crippen LogP contribution in [-0.2, 0) is 0 Å². The fourth-order valence-corrected chi connectivity index (χ4v) is 2.57. The maximum Gasteiger partial charge on any atom is 0.339 e. The molecule has 0 fully saturated rings. The molecule has 0 amide bonds. The fourth-order valence-electron chi connectivity index (χ4n) is 2.16. The van der Waals surface area contributed by atoms with E-state index in [2.05, 4.69) is 15.9 Å². The third kappa shape index (κ3) is 2.40. The van der Waals surface area contributed by atoms with E-state index < -0.39 is 11.5 Å². The Bertz CT molecular complexity index is 812. The van der Waals surface area contributed by atoms with Gasteiger partial charge in [0.15, 0.2) is 0 Å². The summed E-state index contributed by atoms with van der Waals surface area (Å²) in [6.07, 6.45) is 0. The number of aromatic nitrogens is 1. The zero-order valence-corrected chi connectivity index (χ0v) is 12.9. The Morgan fingerprint density at radius 1 is 1.33 bits per heavy atom. The molecule has 0 saturated carbocycles. The van der Waals surface area contributed by atoms with Crippen LogP contribution in [0.15, 0.2) is 27.5 Å². The second-order valence-electron chi connectivity index (χ2n) is 4.61. The highest BCUT2D eigenvalue weighted by atomic mass is 79.9. The van der Waals surface area contributed by atoms with E-state index in [1.54, 1.807) is 19.9 Å². The second kappa shape index (κ2) is 5.25. The highest BCUT2D eigenvalue weighted by Gasteiger charge is 2.20. The van der Waals surface area contributed by atoms with E-state index in [0.717, 1.165) is 4.57 Å². The van der Waals surface area contributed by atoms with Gasteiger partial charge in [-0.1, -0.05) is 6.07 Å². The van der Waals surface area contributed by atoms with Crippen LogP contribution in [0.5, 0.6) is 5.75 Å². The van der Waals surface area contributed by atoms with Gasteiger partial charge in [0.05, 0.1) is 10.2 Å². The number of phenols is 1. The molecule has 0 spiro atoms. The average Bonchev–Trinajstić information content (AvgIpc) is 2.41. The predicted octanol–water partition coefficient (Wildman–Crippen LogP) is 2.20. The van der Waals surface area contributed by atoms with Gasteiger partial charge in [0.1, 0.15) is 17.1 Å². The van der Waals surface area contributed by atoms with E-state index in [9.17, 15) is 19.8 Å². The molecule has 0 aliphatic carbocycles. The first kappa shape index (κ1) is 15.1. The Morgan fingerprint density at radius 2 is 1.95 bits per heavy atom. The molecular weight excluding hydrogens is 340 g/mol. The lowest BCUT2D eigenvalue weighted by Crippen LogP contribution is -2.26. The van der Waals surface area contributed by atoms with Crippen LogP contribution in [0.25, 0.3) is 5.69 Å². The number of benzene rings is 1. The highest BCUT2D eigenvalue weighted by Crippen LogP contribution is 2.29. The minimum Gasteiger partial charge on any atom is -0.508 e. The number of carboxylic acid groups (broad SMARTS) is 1. The number of carboxylic acids is 1. The maximum absolute atomic E-state index is 12.3. The largest absolute Gasteiger partial charge is 0.508 e. The second-order valence-corrected chi connectivity index (χ2v) is 5.47. The number of nitrogens with zero attached hydrogens (tertiary/aromatic N) is 1. The number of halogens is 1. The molecule has 110 valence electrons. The number of nitrogens with two attached hydrogens (primary N) is 1. The number of nitrogen functional groups attached to an aromatic ring is 1. The van der Waals surface area contributed by atoms with Gasteiger partial charge in [-0.25, -0.2) is 4.79 Å². The first-order valence-corrected chi connectivity index (χ1v) is 6.78. The number of hydrogen-bond acceptors (Lipinski definition) is 4. The summed E-state index contributed by atoms with van der Waals surface area (Å²) in [5, 5.41) is 19.0. The van der Waals surface area contributed by atoms with Gasteiger partial charge in [-0.2, -0.15) is 0 Å². The number of aryl methyl sites for hydroxylation is 1. The lowest BCUT2D eigenvalue weighted by atomic mass is 10.1. The summed E-state index contributed by atoms with van der Waals surface area (Å²) < 4.78 is 1.18. The van der Waals surface area contributed by atoms with Crippen molar-refractivity contribution in [2.45, 2.75) is 13.8 Å². The molecule has 0 unspecified atom stereocenters. The molecule has 2 rings (SSSR count). The van der Waals surface area contributed by atoms with Crippen molar-refractivity contribution in [2.75, 3.05) is 5.73 Å². The molecule has 6 nitrogen and oxygen atoms in total. The number of aromatic carboxylic acids is 1. The normalized spacial score (nSPS) is 10.6. The standard InChI is InChI=1S/C14H13BrN2O4/c1-6-3-4-10(18)7(2)11(6)17-12(16)8(14(20)21)5-9(15)13(17)19/h3-5,18H,16H2,1-2H3,(H,20,21). The summed E-state index contributed by atoms with van der Waals surface area (Å²) in [6, 6.07) is 4.31. The molecule has 0 atom stereocenters. The molecule has 0 aliphatic rings. The van der Waals surface area contributed by atoms with E-state index in [1.807, 2.05) is 0 Å². The van der Waals surface area contributed by atoms with Crippen molar-refractivity contribution in [3.63, 3.8) is 0 Å². The third-order valence-electron chi connectivity index (χ3n) is 3.25. The number of rotatable bonds is 2. The number of pyridine rings is 1. The van der Waals surface area contributed by atoms with Crippen LogP contribution in [0, 0.1) is 13.8 Å². The van der Waals surface area contributed by atoms with E-state index >= 15 is 0 Å². The lowest BCUT2D eigenvalue weighted by molar-refractivity contribution is 0.0697. The van der Waals surface area contributed by atoms with Gasteiger partial charge in [0.25, 0.3) is 5.56 Å². The number of hydrogen-bond donors (Lipinski definition) is 3. The van der Waals surface area contributed by atoms with E-state index in [1.165, 1.54) is 12.1 Å². The van der Waals surface area contributed by atoms with Gasteiger partial charge < -0.3 is 15.9 Å². The third-order valence-corrected chi connectivity index (χ3v) is 3.82. The Balaban J connectivity index is 2.98. The van der Waals surface area contributed by atoms with Crippen molar-refractivity contribution in [3.05, 3.63) is 49.7 Å². The van der Waals surface area contributed by atoms with E-state index in [-0.39, 0.29) is 21.6 Å². The molecule has 2 aromatic rings. The van der Waals surface area contributed by atoms with Crippen LogP contribution >= 0.6 is 15.9 Å². The summed E-state index contributed by atoms with van der Waals surface area (Å²) in [5.74, 6) is -1.43. The van der Waals surface area contributed by atoms with Crippen LogP contribution < -0.4 is 11.3 Å². The molecule has 1 aromatic carbocycles. The van der Waals surface area contributed by atoms with Crippen LogP contribution in [-0.4, -0.2) is 20.7 Å². The minimum absolute atomic E-state index is 0.00116. The van der Waals surface area contributed by atoms with Crippen LogP contribution in [0.2, 0.25) is 0 Å². The highest BCUT2D eigenvalue weighted by molar-refractivity contribution is 9.10. The topological polar surface area (TPSA) is 106 Å². The van der Waals surface area contributed by atoms with Crippen molar-refractivity contribution < 1.29 is 15.0 Å². The van der Waals surface area contributed by atoms with Crippen LogP contribution in [0.1, 0.15) is 21.5 Å². The number of carbonyl (C=O) groups is 1.